The van der Waals surface area contributed by atoms with Gasteiger partial charge in [-0.3, -0.25) is 0 Å². The largest absolute Gasteiger partial charge is 0.497 e. The van der Waals surface area contributed by atoms with Gasteiger partial charge in [0.15, 0.2) is 0 Å². The summed E-state index contributed by atoms with van der Waals surface area (Å²) in [6.45, 7) is 0. The highest BCUT2D eigenvalue weighted by Gasteiger charge is 2.04. The minimum Gasteiger partial charge on any atom is -0.497 e. The van der Waals surface area contributed by atoms with Crippen molar-refractivity contribution >= 4 is 17.8 Å². The maximum Gasteiger partial charge on any atom is 0.356 e. The van der Waals surface area contributed by atoms with Crippen LogP contribution >= 0.6 is 11.9 Å². The maximum absolute atomic E-state index is 10.8. The minimum absolute atomic E-state index is 0.394. The first kappa shape index (κ1) is 8.87. The van der Waals surface area contributed by atoms with Gasteiger partial charge in [-0.15, -0.1) is 0 Å². The average molecular weight is 187 g/mol. The van der Waals surface area contributed by atoms with Crippen LogP contribution in [-0.2, 0) is 4.29 Å². The van der Waals surface area contributed by atoms with Crippen LogP contribution in [0.2, 0.25) is 0 Å². The molecule has 0 aliphatic heterocycles. The average Bonchev–Trinajstić information content (AvgIpc) is 2.17. The Kier molecular flexibility index (Phi) is 2.94. The Labute approximate surface area is 75.0 Å². The van der Waals surface area contributed by atoms with Crippen molar-refractivity contribution in [3.8, 4) is 5.75 Å². The Morgan fingerprint density at radius 3 is 2.33 bits per heavy atom. The molecule has 0 aliphatic rings. The topological polar surface area (TPSA) is 35.5 Å². The Morgan fingerprint density at radius 2 is 1.92 bits per heavy atom. The second kappa shape index (κ2) is 3.97. The summed E-state index contributed by atoms with van der Waals surface area (Å²) < 4.78 is 8.90. The van der Waals surface area contributed by atoms with E-state index in [1.807, 2.05) is 0 Å². The van der Waals surface area contributed by atoms with Gasteiger partial charge >= 0.3 is 5.97 Å². The molecule has 0 spiro atoms. The number of ether oxygens (including phenoxy) is 1. The van der Waals surface area contributed by atoms with E-state index in [0.29, 0.717) is 11.3 Å². The van der Waals surface area contributed by atoms with Gasteiger partial charge in [-0.25, -0.2) is 4.79 Å². The van der Waals surface area contributed by atoms with Gasteiger partial charge in [-0.2, -0.15) is 0 Å². The van der Waals surface area contributed by atoms with Crippen molar-refractivity contribution in [1.82, 2.24) is 0 Å². The summed E-state index contributed by atoms with van der Waals surface area (Å²) in [6.07, 6.45) is 0. The number of halogens is 1. The number of rotatable bonds is 2. The van der Waals surface area contributed by atoms with Crippen molar-refractivity contribution in [3.63, 3.8) is 0 Å². The summed E-state index contributed by atoms with van der Waals surface area (Å²) >= 11 is 4.88. The molecular formula is C8H7ClO3. The fraction of sp³-hybridized carbons (Fsp3) is 0.125. The first-order chi connectivity index (χ1) is 5.77. The smallest absolute Gasteiger partial charge is 0.356 e. The molecule has 0 atom stereocenters. The fourth-order valence-electron chi connectivity index (χ4n) is 0.772. The maximum atomic E-state index is 10.8. The van der Waals surface area contributed by atoms with Crippen molar-refractivity contribution in [2.24, 2.45) is 0 Å². The van der Waals surface area contributed by atoms with Gasteiger partial charge in [0.1, 0.15) is 17.6 Å². The SMILES string of the molecule is COc1ccc(C(=O)OCl)cc1. The first-order valence-corrected chi connectivity index (χ1v) is 3.55. The second-order valence-electron chi connectivity index (χ2n) is 2.09. The lowest BCUT2D eigenvalue weighted by molar-refractivity contribution is 0.0751. The van der Waals surface area contributed by atoms with E-state index in [4.69, 9.17) is 16.6 Å². The van der Waals surface area contributed by atoms with Crippen molar-refractivity contribution in [2.45, 2.75) is 0 Å². The third-order valence-corrected chi connectivity index (χ3v) is 1.54. The zero-order chi connectivity index (χ0) is 8.97. The van der Waals surface area contributed by atoms with E-state index in [1.165, 1.54) is 0 Å². The summed E-state index contributed by atoms with van der Waals surface area (Å²) in [5.74, 6) is 0.112. The quantitative estimate of drug-likeness (QED) is 0.709. The van der Waals surface area contributed by atoms with Crippen molar-refractivity contribution in [2.75, 3.05) is 7.11 Å². The molecule has 0 heterocycles. The molecule has 1 rings (SSSR count). The monoisotopic (exact) mass is 186 g/mol. The van der Waals surface area contributed by atoms with Crippen LogP contribution in [0.5, 0.6) is 5.75 Å². The number of hydrogen-bond acceptors (Lipinski definition) is 3. The normalized spacial score (nSPS) is 9.17. The molecule has 0 saturated carbocycles. The van der Waals surface area contributed by atoms with Gasteiger partial charge in [0, 0.05) is 0 Å². The zero-order valence-electron chi connectivity index (χ0n) is 6.41. The Bertz CT molecular complexity index is 268. The summed E-state index contributed by atoms with van der Waals surface area (Å²) in [6, 6.07) is 6.46. The molecule has 64 valence electrons. The minimum atomic E-state index is -0.570. The molecular weight excluding hydrogens is 180 g/mol. The predicted octanol–water partition coefficient (Wildman–Crippen LogP) is 2.01. The summed E-state index contributed by atoms with van der Waals surface area (Å²) in [4.78, 5) is 10.8. The van der Waals surface area contributed by atoms with Crippen LogP contribution in [0.15, 0.2) is 24.3 Å². The third-order valence-electron chi connectivity index (χ3n) is 1.40. The molecule has 0 aliphatic carbocycles. The van der Waals surface area contributed by atoms with Crippen LogP contribution < -0.4 is 4.74 Å². The van der Waals surface area contributed by atoms with Crippen LogP contribution in [0.1, 0.15) is 10.4 Å². The van der Waals surface area contributed by atoms with E-state index < -0.39 is 5.97 Å². The van der Waals surface area contributed by atoms with Gasteiger partial charge in [-0.1, -0.05) is 0 Å². The zero-order valence-corrected chi connectivity index (χ0v) is 7.17. The lowest BCUT2D eigenvalue weighted by Gasteiger charge is -1.99. The molecule has 0 amide bonds. The number of carbonyl (C=O) groups excluding carboxylic acids is 1. The lowest BCUT2D eigenvalue weighted by atomic mass is 10.2. The van der Waals surface area contributed by atoms with Gasteiger partial charge in [0.2, 0.25) is 0 Å². The molecule has 0 fully saturated rings. The molecule has 1 aromatic rings. The van der Waals surface area contributed by atoms with E-state index in [9.17, 15) is 4.79 Å². The molecule has 3 nitrogen and oxygen atoms in total. The molecule has 4 heteroatoms. The van der Waals surface area contributed by atoms with E-state index in [0.717, 1.165) is 0 Å². The Balaban J connectivity index is 2.84. The molecule has 0 aromatic heterocycles. The Hall–Kier alpha value is -1.22. The number of hydrogen-bond donors (Lipinski definition) is 0. The molecule has 0 unspecified atom stereocenters. The number of carbonyl (C=O) groups is 1. The van der Waals surface area contributed by atoms with E-state index in [2.05, 4.69) is 4.29 Å². The van der Waals surface area contributed by atoms with Crippen LogP contribution in [0, 0.1) is 0 Å². The highest BCUT2D eigenvalue weighted by Crippen LogP contribution is 2.12. The highest BCUT2D eigenvalue weighted by molar-refractivity contribution is 6.15. The highest BCUT2D eigenvalue weighted by atomic mass is 35.5. The van der Waals surface area contributed by atoms with Crippen LogP contribution in [0.4, 0.5) is 0 Å². The second-order valence-corrected chi connectivity index (χ2v) is 2.25. The predicted molar refractivity (Wildman–Crippen MR) is 44.3 cm³/mol. The molecule has 0 N–H and O–H groups in total. The van der Waals surface area contributed by atoms with E-state index in [1.54, 1.807) is 31.4 Å². The van der Waals surface area contributed by atoms with Gasteiger partial charge < -0.3 is 9.03 Å². The van der Waals surface area contributed by atoms with Gasteiger partial charge in [0.25, 0.3) is 0 Å². The van der Waals surface area contributed by atoms with E-state index in [-0.39, 0.29) is 0 Å². The molecule has 12 heavy (non-hydrogen) atoms. The lowest BCUT2D eigenvalue weighted by Crippen LogP contribution is -1.97. The molecule has 0 saturated heterocycles. The molecule has 1 aromatic carbocycles. The van der Waals surface area contributed by atoms with Crippen molar-refractivity contribution in [1.29, 1.82) is 0 Å². The van der Waals surface area contributed by atoms with Crippen molar-refractivity contribution in [3.05, 3.63) is 29.8 Å². The van der Waals surface area contributed by atoms with Crippen LogP contribution in [0.3, 0.4) is 0 Å². The van der Waals surface area contributed by atoms with Gasteiger partial charge in [-0.05, 0) is 24.3 Å². The fourth-order valence-corrected chi connectivity index (χ4v) is 0.861. The van der Waals surface area contributed by atoms with Crippen LogP contribution in [0.25, 0.3) is 0 Å². The third kappa shape index (κ3) is 1.89. The molecule has 0 radical (unpaired) electrons. The van der Waals surface area contributed by atoms with Crippen molar-refractivity contribution < 1.29 is 13.8 Å². The van der Waals surface area contributed by atoms with E-state index >= 15 is 0 Å². The first-order valence-electron chi connectivity index (χ1n) is 3.25. The van der Waals surface area contributed by atoms with Crippen LogP contribution in [-0.4, -0.2) is 13.1 Å². The summed E-state index contributed by atoms with van der Waals surface area (Å²) in [5, 5.41) is 0. The number of methoxy groups -OCH3 is 1. The summed E-state index contributed by atoms with van der Waals surface area (Å²) in [7, 11) is 1.55. The Morgan fingerprint density at radius 1 is 1.33 bits per heavy atom. The van der Waals surface area contributed by atoms with Gasteiger partial charge in [0.05, 0.1) is 12.7 Å². The number of benzene rings is 1. The molecule has 0 bridgehead atoms. The summed E-state index contributed by atoms with van der Waals surface area (Å²) in [5.41, 5.74) is 0.394. The standard InChI is InChI=1S/C8H7ClO3/c1-11-7-4-2-6(3-5-7)8(10)12-9/h2-5H,1H3.